The van der Waals surface area contributed by atoms with Crippen molar-refractivity contribution < 1.29 is 5.11 Å². The van der Waals surface area contributed by atoms with Crippen LogP contribution in [0.15, 0.2) is 48.8 Å². The van der Waals surface area contributed by atoms with Gasteiger partial charge in [-0.15, -0.1) is 0 Å². The Labute approximate surface area is 101 Å². The van der Waals surface area contributed by atoms with E-state index in [1.165, 1.54) is 0 Å². The lowest BCUT2D eigenvalue weighted by molar-refractivity contribution is 0.265. The fourth-order valence-electron chi connectivity index (χ4n) is 1.78. The number of aliphatic hydroxyl groups is 1. The molecule has 0 aliphatic carbocycles. The van der Waals surface area contributed by atoms with Crippen LogP contribution < -0.4 is 5.73 Å². The van der Waals surface area contributed by atoms with Gasteiger partial charge in [-0.05, 0) is 29.2 Å². The summed E-state index contributed by atoms with van der Waals surface area (Å²) in [5, 5.41) is 8.95. The average molecular weight is 228 g/mol. The molecule has 1 heterocycles. The standard InChI is InChI=1S/C14H16N2O/c15-14(10-17)8-11-3-1-4-12(7-11)13-5-2-6-16-9-13/h1-7,9,14,17H,8,10,15H2/t14-/m0/s1. The van der Waals surface area contributed by atoms with Gasteiger partial charge in [0.1, 0.15) is 0 Å². The smallest absolute Gasteiger partial charge is 0.0585 e. The van der Waals surface area contributed by atoms with Gasteiger partial charge in [0, 0.05) is 18.4 Å². The number of nitrogens with two attached hydrogens (primary N) is 1. The lowest BCUT2D eigenvalue weighted by atomic mass is 10.0. The van der Waals surface area contributed by atoms with Gasteiger partial charge in [-0.3, -0.25) is 4.98 Å². The molecule has 0 amide bonds. The van der Waals surface area contributed by atoms with Crippen molar-refractivity contribution in [3.8, 4) is 11.1 Å². The molecular weight excluding hydrogens is 212 g/mol. The van der Waals surface area contributed by atoms with Crippen LogP contribution in [-0.4, -0.2) is 22.7 Å². The molecule has 88 valence electrons. The summed E-state index contributed by atoms with van der Waals surface area (Å²) in [6.45, 7) is 0.0110. The largest absolute Gasteiger partial charge is 0.395 e. The minimum absolute atomic E-state index is 0.0110. The van der Waals surface area contributed by atoms with Gasteiger partial charge in [0.15, 0.2) is 0 Å². The van der Waals surface area contributed by atoms with Crippen LogP contribution in [0, 0.1) is 0 Å². The van der Waals surface area contributed by atoms with E-state index >= 15 is 0 Å². The highest BCUT2D eigenvalue weighted by Crippen LogP contribution is 2.19. The summed E-state index contributed by atoms with van der Waals surface area (Å²) in [7, 11) is 0. The normalized spacial score (nSPS) is 12.4. The molecule has 0 fully saturated rings. The summed E-state index contributed by atoms with van der Waals surface area (Å²) in [4.78, 5) is 4.10. The first-order valence-corrected chi connectivity index (χ1v) is 5.65. The third kappa shape index (κ3) is 3.12. The van der Waals surface area contributed by atoms with Crippen LogP contribution in [0.25, 0.3) is 11.1 Å². The second-order valence-corrected chi connectivity index (χ2v) is 4.09. The number of nitrogens with zero attached hydrogens (tertiary/aromatic N) is 1. The highest BCUT2D eigenvalue weighted by Gasteiger charge is 2.04. The molecule has 1 atom stereocenters. The van der Waals surface area contributed by atoms with E-state index in [1.807, 2.05) is 36.5 Å². The van der Waals surface area contributed by atoms with Crippen LogP contribution in [0.1, 0.15) is 5.56 Å². The molecule has 3 heteroatoms. The maximum absolute atomic E-state index is 8.95. The van der Waals surface area contributed by atoms with Crippen LogP contribution in [0.2, 0.25) is 0 Å². The van der Waals surface area contributed by atoms with Crippen molar-refractivity contribution in [2.75, 3.05) is 6.61 Å². The number of pyridine rings is 1. The quantitative estimate of drug-likeness (QED) is 0.835. The van der Waals surface area contributed by atoms with Crippen molar-refractivity contribution in [1.82, 2.24) is 4.98 Å². The number of aliphatic hydroxyl groups excluding tert-OH is 1. The van der Waals surface area contributed by atoms with Gasteiger partial charge in [-0.2, -0.15) is 0 Å². The van der Waals surface area contributed by atoms with E-state index in [1.54, 1.807) is 6.20 Å². The Bertz CT molecular complexity index is 471. The Kier molecular flexibility index (Phi) is 3.85. The van der Waals surface area contributed by atoms with Crippen molar-refractivity contribution in [2.45, 2.75) is 12.5 Å². The molecule has 0 radical (unpaired) electrons. The van der Waals surface area contributed by atoms with Crippen LogP contribution in [0.4, 0.5) is 0 Å². The molecule has 1 aromatic carbocycles. The van der Waals surface area contributed by atoms with Gasteiger partial charge in [-0.1, -0.05) is 30.3 Å². The Morgan fingerprint density at radius 2 is 2.00 bits per heavy atom. The zero-order valence-electron chi connectivity index (χ0n) is 9.58. The van der Waals surface area contributed by atoms with Crippen molar-refractivity contribution in [1.29, 1.82) is 0 Å². The second-order valence-electron chi connectivity index (χ2n) is 4.09. The monoisotopic (exact) mass is 228 g/mol. The first-order chi connectivity index (χ1) is 8.29. The predicted molar refractivity (Wildman–Crippen MR) is 68.4 cm³/mol. The first kappa shape index (κ1) is 11.8. The number of hydrogen-bond donors (Lipinski definition) is 2. The highest BCUT2D eigenvalue weighted by molar-refractivity contribution is 5.62. The van der Waals surface area contributed by atoms with Crippen LogP contribution in [-0.2, 0) is 6.42 Å². The molecule has 1 aromatic heterocycles. The van der Waals surface area contributed by atoms with E-state index in [9.17, 15) is 0 Å². The van der Waals surface area contributed by atoms with E-state index in [4.69, 9.17) is 10.8 Å². The molecule has 2 rings (SSSR count). The third-order valence-corrected chi connectivity index (χ3v) is 2.65. The molecule has 17 heavy (non-hydrogen) atoms. The fraction of sp³-hybridized carbons (Fsp3) is 0.214. The molecule has 2 aromatic rings. The van der Waals surface area contributed by atoms with E-state index in [0.29, 0.717) is 6.42 Å². The number of hydrogen-bond acceptors (Lipinski definition) is 3. The Morgan fingerprint density at radius 3 is 2.71 bits per heavy atom. The van der Waals surface area contributed by atoms with E-state index in [-0.39, 0.29) is 12.6 Å². The lowest BCUT2D eigenvalue weighted by Crippen LogP contribution is -2.26. The Hall–Kier alpha value is -1.71. The van der Waals surface area contributed by atoms with Crippen LogP contribution in [0.3, 0.4) is 0 Å². The zero-order chi connectivity index (χ0) is 12.1. The zero-order valence-corrected chi connectivity index (χ0v) is 9.58. The maximum atomic E-state index is 8.95. The van der Waals surface area contributed by atoms with Gasteiger partial charge in [0.2, 0.25) is 0 Å². The van der Waals surface area contributed by atoms with Gasteiger partial charge in [0.05, 0.1) is 6.61 Å². The summed E-state index contributed by atoms with van der Waals surface area (Å²) < 4.78 is 0. The number of benzene rings is 1. The van der Waals surface area contributed by atoms with Crippen molar-refractivity contribution in [2.24, 2.45) is 5.73 Å². The molecule has 0 aliphatic rings. The van der Waals surface area contributed by atoms with E-state index in [2.05, 4.69) is 11.1 Å². The van der Waals surface area contributed by atoms with Gasteiger partial charge in [-0.25, -0.2) is 0 Å². The van der Waals surface area contributed by atoms with E-state index in [0.717, 1.165) is 16.7 Å². The van der Waals surface area contributed by atoms with Gasteiger partial charge < -0.3 is 10.8 Å². The Morgan fingerprint density at radius 1 is 1.18 bits per heavy atom. The SMILES string of the molecule is N[C@H](CO)Cc1cccc(-c2cccnc2)c1. The maximum Gasteiger partial charge on any atom is 0.0585 e. The van der Waals surface area contributed by atoms with E-state index < -0.39 is 0 Å². The molecule has 0 bridgehead atoms. The van der Waals surface area contributed by atoms with Crippen molar-refractivity contribution in [3.05, 3.63) is 54.4 Å². The van der Waals surface area contributed by atoms with Gasteiger partial charge in [0.25, 0.3) is 0 Å². The minimum Gasteiger partial charge on any atom is -0.395 e. The summed E-state index contributed by atoms with van der Waals surface area (Å²) in [5.74, 6) is 0. The van der Waals surface area contributed by atoms with Crippen molar-refractivity contribution in [3.63, 3.8) is 0 Å². The Balaban J connectivity index is 2.23. The molecule has 0 aliphatic heterocycles. The highest BCUT2D eigenvalue weighted by atomic mass is 16.3. The molecule has 0 spiro atoms. The van der Waals surface area contributed by atoms with Gasteiger partial charge >= 0.3 is 0 Å². The molecule has 0 saturated carbocycles. The third-order valence-electron chi connectivity index (χ3n) is 2.65. The fourth-order valence-corrected chi connectivity index (χ4v) is 1.78. The molecule has 3 N–H and O–H groups in total. The molecule has 0 saturated heterocycles. The van der Waals surface area contributed by atoms with Crippen LogP contribution >= 0.6 is 0 Å². The molecule has 3 nitrogen and oxygen atoms in total. The summed E-state index contributed by atoms with van der Waals surface area (Å²) in [5.41, 5.74) is 9.08. The first-order valence-electron chi connectivity index (χ1n) is 5.65. The summed E-state index contributed by atoms with van der Waals surface area (Å²) in [6, 6.07) is 11.9. The molecular formula is C14H16N2O. The summed E-state index contributed by atoms with van der Waals surface area (Å²) in [6.07, 6.45) is 4.28. The minimum atomic E-state index is -0.195. The topological polar surface area (TPSA) is 59.1 Å². The molecule has 0 unspecified atom stereocenters. The average Bonchev–Trinajstić information content (AvgIpc) is 2.40. The lowest BCUT2D eigenvalue weighted by Gasteiger charge is -2.09. The second kappa shape index (κ2) is 5.57. The summed E-state index contributed by atoms with van der Waals surface area (Å²) >= 11 is 0. The number of rotatable bonds is 4. The predicted octanol–water partition coefficient (Wildman–Crippen LogP) is 1.61. The number of aromatic nitrogens is 1. The van der Waals surface area contributed by atoms with Crippen molar-refractivity contribution >= 4 is 0 Å². The van der Waals surface area contributed by atoms with Crippen LogP contribution in [0.5, 0.6) is 0 Å².